The van der Waals surface area contributed by atoms with E-state index in [0.717, 1.165) is 10.9 Å². The maximum Gasteiger partial charge on any atom is 0.149 e. The molecule has 0 saturated heterocycles. The second-order valence-corrected chi connectivity index (χ2v) is 5.71. The van der Waals surface area contributed by atoms with Crippen molar-refractivity contribution in [2.45, 2.75) is 12.5 Å². The number of nitrogens with one attached hydrogen (secondary N) is 1. The highest BCUT2D eigenvalue weighted by atomic mass is 35.5. The Labute approximate surface area is 106 Å². The van der Waals surface area contributed by atoms with Crippen LogP contribution in [0.3, 0.4) is 0 Å². The number of benzene rings is 1. The topological polar surface area (TPSA) is 12.0 Å². The van der Waals surface area contributed by atoms with E-state index in [9.17, 15) is 8.78 Å². The molecule has 0 bridgehead atoms. The van der Waals surface area contributed by atoms with Crippen LogP contribution < -0.4 is 5.32 Å². The molecule has 3 rings (SSSR count). The molecule has 1 aliphatic rings. The molecule has 2 heterocycles. The molecule has 0 spiro atoms. The van der Waals surface area contributed by atoms with Gasteiger partial charge in [0.2, 0.25) is 0 Å². The van der Waals surface area contributed by atoms with Crippen molar-refractivity contribution in [2.75, 3.05) is 5.32 Å². The minimum Gasteiger partial charge on any atom is -0.374 e. The molecule has 5 heteroatoms. The van der Waals surface area contributed by atoms with E-state index in [4.69, 9.17) is 11.6 Å². The van der Waals surface area contributed by atoms with Gasteiger partial charge in [0.1, 0.15) is 11.6 Å². The highest BCUT2D eigenvalue weighted by Gasteiger charge is 2.26. The van der Waals surface area contributed by atoms with Crippen LogP contribution in [0.5, 0.6) is 0 Å². The SMILES string of the molecule is Fc1cc(F)c2c(c1)CC(c1ccc(Cl)s1)N2. The van der Waals surface area contributed by atoms with Crippen molar-refractivity contribution in [1.82, 2.24) is 0 Å². The van der Waals surface area contributed by atoms with Crippen molar-refractivity contribution in [3.8, 4) is 0 Å². The molecule has 17 heavy (non-hydrogen) atoms. The summed E-state index contributed by atoms with van der Waals surface area (Å²) in [7, 11) is 0. The normalized spacial score (nSPS) is 17.9. The quantitative estimate of drug-likeness (QED) is 0.811. The van der Waals surface area contributed by atoms with Crippen LogP contribution >= 0.6 is 22.9 Å². The summed E-state index contributed by atoms with van der Waals surface area (Å²) >= 11 is 7.32. The summed E-state index contributed by atoms with van der Waals surface area (Å²) in [6.45, 7) is 0. The van der Waals surface area contributed by atoms with Gasteiger partial charge >= 0.3 is 0 Å². The average molecular weight is 272 g/mol. The smallest absolute Gasteiger partial charge is 0.149 e. The Bertz CT molecular complexity index is 582. The molecule has 1 aromatic carbocycles. The van der Waals surface area contributed by atoms with Crippen LogP contribution in [0.15, 0.2) is 24.3 Å². The standard InChI is InChI=1S/C12H8ClF2NS/c13-11-2-1-10(17-11)9-4-6-3-7(14)5-8(15)12(6)16-9/h1-3,5,9,16H,4H2. The molecule has 1 nitrogen and oxygen atoms in total. The maximum atomic E-state index is 13.5. The first-order chi connectivity index (χ1) is 8.13. The van der Waals surface area contributed by atoms with Crippen LogP contribution in [0.25, 0.3) is 0 Å². The van der Waals surface area contributed by atoms with E-state index in [2.05, 4.69) is 5.32 Å². The Morgan fingerprint density at radius 3 is 2.82 bits per heavy atom. The van der Waals surface area contributed by atoms with Crippen LogP contribution in [-0.2, 0) is 6.42 Å². The Morgan fingerprint density at radius 1 is 1.29 bits per heavy atom. The first-order valence-electron chi connectivity index (χ1n) is 5.13. The van der Waals surface area contributed by atoms with E-state index in [1.54, 1.807) is 0 Å². The van der Waals surface area contributed by atoms with Gasteiger partial charge in [0.25, 0.3) is 0 Å². The molecular formula is C12H8ClF2NS. The predicted octanol–water partition coefficient (Wildman–Crippen LogP) is 4.39. The summed E-state index contributed by atoms with van der Waals surface area (Å²) in [5, 5.41) is 3.07. The minimum atomic E-state index is -0.537. The molecule has 1 atom stereocenters. The average Bonchev–Trinajstić information content (AvgIpc) is 2.83. The number of anilines is 1. The summed E-state index contributed by atoms with van der Waals surface area (Å²) < 4.78 is 27.3. The molecule has 88 valence electrons. The van der Waals surface area contributed by atoms with Gasteiger partial charge in [-0.2, -0.15) is 0 Å². The Kier molecular flexibility index (Phi) is 2.56. The third kappa shape index (κ3) is 1.91. The Hall–Kier alpha value is -1.13. The molecule has 2 aromatic rings. The lowest BCUT2D eigenvalue weighted by Crippen LogP contribution is -2.03. The summed E-state index contributed by atoms with van der Waals surface area (Å²) in [5.74, 6) is -1.07. The van der Waals surface area contributed by atoms with Gasteiger partial charge in [-0.15, -0.1) is 11.3 Å². The number of thiophene rings is 1. The number of fused-ring (bicyclic) bond motifs is 1. The van der Waals surface area contributed by atoms with Crippen molar-refractivity contribution in [3.63, 3.8) is 0 Å². The molecule has 0 radical (unpaired) electrons. The van der Waals surface area contributed by atoms with E-state index < -0.39 is 11.6 Å². The van der Waals surface area contributed by atoms with Crippen molar-refractivity contribution in [3.05, 3.63) is 50.7 Å². The van der Waals surface area contributed by atoms with Gasteiger partial charge in [-0.05, 0) is 30.2 Å². The molecule has 0 fully saturated rings. The van der Waals surface area contributed by atoms with E-state index in [-0.39, 0.29) is 6.04 Å². The Balaban J connectivity index is 1.95. The van der Waals surface area contributed by atoms with Crippen LogP contribution in [0.1, 0.15) is 16.5 Å². The fraction of sp³-hybridized carbons (Fsp3) is 0.167. The molecule has 0 aliphatic carbocycles. The summed E-state index contributed by atoms with van der Waals surface area (Å²) in [5.41, 5.74) is 1.08. The number of rotatable bonds is 1. The fourth-order valence-corrected chi connectivity index (χ4v) is 3.19. The summed E-state index contributed by atoms with van der Waals surface area (Å²) in [6, 6.07) is 5.98. The zero-order valence-electron chi connectivity index (χ0n) is 8.64. The summed E-state index contributed by atoms with van der Waals surface area (Å²) in [4.78, 5) is 1.03. The largest absolute Gasteiger partial charge is 0.374 e. The van der Waals surface area contributed by atoms with E-state index in [1.165, 1.54) is 17.4 Å². The zero-order chi connectivity index (χ0) is 12.0. The van der Waals surface area contributed by atoms with Crippen LogP contribution in [0, 0.1) is 11.6 Å². The third-order valence-electron chi connectivity index (χ3n) is 2.82. The molecular weight excluding hydrogens is 264 g/mol. The van der Waals surface area contributed by atoms with Crippen molar-refractivity contribution < 1.29 is 8.78 Å². The van der Waals surface area contributed by atoms with E-state index in [1.807, 2.05) is 12.1 Å². The van der Waals surface area contributed by atoms with E-state index >= 15 is 0 Å². The predicted molar refractivity (Wildman–Crippen MR) is 65.8 cm³/mol. The zero-order valence-corrected chi connectivity index (χ0v) is 10.2. The van der Waals surface area contributed by atoms with Gasteiger partial charge in [-0.1, -0.05) is 11.6 Å². The molecule has 0 saturated carbocycles. The molecule has 0 amide bonds. The van der Waals surface area contributed by atoms with E-state index in [0.29, 0.717) is 22.0 Å². The van der Waals surface area contributed by atoms with Gasteiger partial charge in [0.15, 0.2) is 0 Å². The first kappa shape index (κ1) is 11.0. The third-order valence-corrected chi connectivity index (χ3v) is 4.16. The van der Waals surface area contributed by atoms with Crippen molar-refractivity contribution in [2.24, 2.45) is 0 Å². The van der Waals surface area contributed by atoms with Crippen LogP contribution in [-0.4, -0.2) is 0 Å². The lowest BCUT2D eigenvalue weighted by Gasteiger charge is -2.08. The monoisotopic (exact) mass is 271 g/mol. The fourth-order valence-electron chi connectivity index (χ4n) is 2.08. The number of halogens is 3. The Morgan fingerprint density at radius 2 is 2.12 bits per heavy atom. The van der Waals surface area contributed by atoms with Crippen LogP contribution in [0.4, 0.5) is 14.5 Å². The summed E-state index contributed by atoms with van der Waals surface area (Å²) in [6.07, 6.45) is 0.584. The molecule has 1 N–H and O–H groups in total. The van der Waals surface area contributed by atoms with Crippen molar-refractivity contribution >= 4 is 28.6 Å². The molecule has 1 aromatic heterocycles. The van der Waals surface area contributed by atoms with Gasteiger partial charge in [-0.3, -0.25) is 0 Å². The van der Waals surface area contributed by atoms with Gasteiger partial charge < -0.3 is 5.32 Å². The van der Waals surface area contributed by atoms with Gasteiger partial charge in [0, 0.05) is 10.9 Å². The van der Waals surface area contributed by atoms with Gasteiger partial charge in [-0.25, -0.2) is 8.78 Å². The lowest BCUT2D eigenvalue weighted by atomic mass is 10.1. The highest BCUT2D eigenvalue weighted by Crippen LogP contribution is 2.39. The van der Waals surface area contributed by atoms with Crippen LogP contribution in [0.2, 0.25) is 4.34 Å². The number of hydrogen-bond acceptors (Lipinski definition) is 2. The highest BCUT2D eigenvalue weighted by molar-refractivity contribution is 7.16. The van der Waals surface area contributed by atoms with Crippen molar-refractivity contribution in [1.29, 1.82) is 0 Å². The number of hydrogen-bond donors (Lipinski definition) is 1. The maximum absolute atomic E-state index is 13.5. The lowest BCUT2D eigenvalue weighted by molar-refractivity contribution is 0.585. The minimum absolute atomic E-state index is 0.0150. The van der Waals surface area contributed by atoms with Gasteiger partial charge in [0.05, 0.1) is 16.1 Å². The second-order valence-electron chi connectivity index (χ2n) is 3.96. The molecule has 1 aliphatic heterocycles. The first-order valence-corrected chi connectivity index (χ1v) is 6.32. The second kappa shape index (κ2) is 3.96. The molecule has 1 unspecified atom stereocenters.